The molecule has 1 aromatic heterocycles. The number of thiophene rings is 1. The highest BCUT2D eigenvalue weighted by Crippen LogP contribution is 2.43. The zero-order valence-electron chi connectivity index (χ0n) is 13.3. The highest BCUT2D eigenvalue weighted by Gasteiger charge is 2.33. The van der Waals surface area contributed by atoms with E-state index < -0.39 is 0 Å². The van der Waals surface area contributed by atoms with Gasteiger partial charge in [-0.15, -0.1) is 11.3 Å². The molecule has 2 atom stereocenters. The highest BCUT2D eigenvalue weighted by molar-refractivity contribution is 7.16. The van der Waals surface area contributed by atoms with Crippen LogP contribution in [0.1, 0.15) is 52.3 Å². The minimum absolute atomic E-state index is 0.00721. The van der Waals surface area contributed by atoms with Crippen molar-refractivity contribution in [3.05, 3.63) is 49.8 Å². The van der Waals surface area contributed by atoms with Crippen LogP contribution in [0.5, 0.6) is 0 Å². The molecule has 0 saturated heterocycles. The number of halogens is 2. The molecule has 1 aliphatic carbocycles. The lowest BCUT2D eigenvalue weighted by atomic mass is 9.85. The minimum Gasteiger partial charge on any atom is -0.353 e. The Hall–Kier alpha value is -1.23. The van der Waals surface area contributed by atoms with Gasteiger partial charge in [0.25, 0.3) is 5.91 Å². The molecule has 0 bridgehead atoms. The second kappa shape index (κ2) is 6.25. The van der Waals surface area contributed by atoms with Crippen molar-refractivity contribution < 1.29 is 4.79 Å². The number of benzene rings is 1. The molecule has 1 aliphatic heterocycles. The third-order valence-corrected chi connectivity index (χ3v) is 6.74. The largest absolute Gasteiger partial charge is 0.353 e. The third kappa shape index (κ3) is 2.71. The van der Waals surface area contributed by atoms with Crippen LogP contribution in [0.3, 0.4) is 0 Å². The summed E-state index contributed by atoms with van der Waals surface area (Å²) in [6.07, 6.45) is 4.14. The Morgan fingerprint density at radius 3 is 2.88 bits per heavy atom. The molecular weight excluding hydrogens is 363 g/mol. The molecule has 4 rings (SSSR count). The molecule has 0 unspecified atom stereocenters. The number of fused-ring (bicyclic) bond motifs is 3. The van der Waals surface area contributed by atoms with Crippen molar-refractivity contribution in [1.29, 1.82) is 0 Å². The fraction of sp³-hybridized carbons (Fsp3) is 0.389. The summed E-state index contributed by atoms with van der Waals surface area (Å²) in [7, 11) is 0. The smallest absolute Gasteiger partial charge is 0.256 e. The van der Waals surface area contributed by atoms with Gasteiger partial charge in [0.2, 0.25) is 0 Å². The van der Waals surface area contributed by atoms with Crippen molar-refractivity contribution in [1.82, 2.24) is 5.32 Å². The molecule has 3 nitrogen and oxygen atoms in total. The number of carbonyl (C=O) groups excluding carboxylic acids is 1. The summed E-state index contributed by atoms with van der Waals surface area (Å²) in [6, 6.07) is 5.35. The quantitative estimate of drug-likeness (QED) is 0.729. The number of hydrogen-bond acceptors (Lipinski definition) is 3. The summed E-state index contributed by atoms with van der Waals surface area (Å²) in [5, 5.41) is 8.60. The molecule has 1 aromatic carbocycles. The molecule has 24 heavy (non-hydrogen) atoms. The number of rotatable bonds is 2. The summed E-state index contributed by atoms with van der Waals surface area (Å²) in [5.41, 5.74) is 2.91. The summed E-state index contributed by atoms with van der Waals surface area (Å²) in [5.74, 6) is 0.731. The Kier molecular flexibility index (Phi) is 4.23. The van der Waals surface area contributed by atoms with Crippen LogP contribution in [0.25, 0.3) is 0 Å². The van der Waals surface area contributed by atoms with Crippen LogP contribution < -0.4 is 10.6 Å². The van der Waals surface area contributed by atoms with E-state index in [4.69, 9.17) is 23.2 Å². The maximum Gasteiger partial charge on any atom is 0.256 e. The number of anilines is 1. The molecule has 2 N–H and O–H groups in total. The van der Waals surface area contributed by atoms with Gasteiger partial charge in [0.05, 0.1) is 5.56 Å². The van der Waals surface area contributed by atoms with Crippen LogP contribution >= 0.6 is 34.5 Å². The van der Waals surface area contributed by atoms with Gasteiger partial charge in [-0.25, -0.2) is 0 Å². The molecule has 2 aromatic rings. The maximum atomic E-state index is 12.7. The Labute approximate surface area is 155 Å². The van der Waals surface area contributed by atoms with E-state index in [-0.39, 0.29) is 12.1 Å². The fourth-order valence-electron chi connectivity index (χ4n) is 3.61. The highest BCUT2D eigenvalue weighted by atomic mass is 35.5. The predicted molar refractivity (Wildman–Crippen MR) is 100 cm³/mol. The zero-order valence-corrected chi connectivity index (χ0v) is 15.6. The van der Waals surface area contributed by atoms with E-state index in [1.807, 2.05) is 6.07 Å². The van der Waals surface area contributed by atoms with Crippen molar-refractivity contribution in [3.8, 4) is 0 Å². The lowest BCUT2D eigenvalue weighted by molar-refractivity contribution is 0.0935. The average molecular weight is 381 g/mol. The van der Waals surface area contributed by atoms with Gasteiger partial charge >= 0.3 is 0 Å². The number of amides is 1. The molecule has 1 amide bonds. The van der Waals surface area contributed by atoms with Crippen molar-refractivity contribution >= 4 is 45.4 Å². The zero-order chi connectivity index (χ0) is 16.8. The molecule has 0 radical (unpaired) electrons. The summed E-state index contributed by atoms with van der Waals surface area (Å²) >= 11 is 14.0. The van der Waals surface area contributed by atoms with Gasteiger partial charge in [-0.2, -0.15) is 0 Å². The average Bonchev–Trinajstić information content (AvgIpc) is 2.92. The molecular formula is C18H18Cl2N2OS. The van der Waals surface area contributed by atoms with Crippen LogP contribution in [-0.4, -0.2) is 5.91 Å². The first-order chi connectivity index (χ1) is 11.6. The SMILES string of the molecule is CC[C@@H]1CCc2c(sc3c2C(=O)N[C@H](c2ccc(Cl)cc2Cl)N3)C1. The molecule has 2 heterocycles. The standard InChI is InChI=1S/C18H18Cl2N2OS/c1-2-9-3-5-12-14(7-9)24-18-15(12)17(23)21-16(22-18)11-6-4-10(19)8-13(11)20/h4,6,8-9,16,22H,2-3,5,7H2,1H3,(H,21,23)/t9-,16+/m1/s1. The summed E-state index contributed by atoms with van der Waals surface area (Å²) in [4.78, 5) is 14.1. The summed E-state index contributed by atoms with van der Waals surface area (Å²) in [6.45, 7) is 2.24. The molecule has 0 fully saturated rings. The van der Waals surface area contributed by atoms with Gasteiger partial charge in [0.1, 0.15) is 11.2 Å². The predicted octanol–water partition coefficient (Wildman–Crippen LogP) is 5.42. The molecule has 2 aliphatic rings. The van der Waals surface area contributed by atoms with E-state index >= 15 is 0 Å². The van der Waals surface area contributed by atoms with E-state index in [2.05, 4.69) is 17.6 Å². The normalized spacial score (nSPS) is 22.4. The van der Waals surface area contributed by atoms with Gasteiger partial charge < -0.3 is 10.6 Å². The lowest BCUT2D eigenvalue weighted by Crippen LogP contribution is -2.38. The van der Waals surface area contributed by atoms with Gasteiger partial charge in [-0.1, -0.05) is 42.6 Å². The molecule has 0 saturated carbocycles. The van der Waals surface area contributed by atoms with E-state index in [9.17, 15) is 4.79 Å². The molecule has 0 spiro atoms. The number of carbonyl (C=O) groups is 1. The van der Waals surface area contributed by atoms with Crippen molar-refractivity contribution in [2.75, 3.05) is 5.32 Å². The van der Waals surface area contributed by atoms with Gasteiger partial charge in [0, 0.05) is 20.5 Å². The van der Waals surface area contributed by atoms with Gasteiger partial charge in [-0.3, -0.25) is 4.79 Å². The van der Waals surface area contributed by atoms with Crippen molar-refractivity contribution in [2.24, 2.45) is 5.92 Å². The van der Waals surface area contributed by atoms with Crippen molar-refractivity contribution in [2.45, 2.75) is 38.8 Å². The first kappa shape index (κ1) is 16.2. The first-order valence-corrected chi connectivity index (χ1v) is 9.81. The van der Waals surface area contributed by atoms with Gasteiger partial charge in [-0.05, 0) is 42.9 Å². The van der Waals surface area contributed by atoms with Crippen LogP contribution in [0, 0.1) is 5.92 Å². The second-order valence-electron chi connectivity index (χ2n) is 6.44. The van der Waals surface area contributed by atoms with E-state index in [1.165, 1.54) is 23.3 Å². The van der Waals surface area contributed by atoms with Crippen LogP contribution in [0.15, 0.2) is 18.2 Å². The van der Waals surface area contributed by atoms with E-state index in [0.717, 1.165) is 34.9 Å². The fourth-order valence-corrected chi connectivity index (χ4v) is 5.51. The topological polar surface area (TPSA) is 41.1 Å². The third-order valence-electron chi connectivity index (χ3n) is 5.00. The second-order valence-corrected chi connectivity index (χ2v) is 8.39. The Morgan fingerprint density at radius 1 is 1.29 bits per heavy atom. The minimum atomic E-state index is -0.322. The number of hydrogen-bond donors (Lipinski definition) is 2. The van der Waals surface area contributed by atoms with Gasteiger partial charge in [0.15, 0.2) is 0 Å². The Balaban J connectivity index is 1.68. The molecule has 126 valence electrons. The van der Waals surface area contributed by atoms with Crippen LogP contribution in [0.2, 0.25) is 10.0 Å². The van der Waals surface area contributed by atoms with Crippen LogP contribution in [0.4, 0.5) is 5.00 Å². The van der Waals surface area contributed by atoms with Crippen LogP contribution in [-0.2, 0) is 12.8 Å². The Bertz CT molecular complexity index is 818. The van der Waals surface area contributed by atoms with Crippen molar-refractivity contribution in [3.63, 3.8) is 0 Å². The maximum absolute atomic E-state index is 12.7. The Morgan fingerprint density at radius 2 is 2.12 bits per heavy atom. The van der Waals surface area contributed by atoms with E-state index in [1.54, 1.807) is 23.5 Å². The lowest BCUT2D eigenvalue weighted by Gasteiger charge is -2.27. The number of nitrogens with one attached hydrogen (secondary N) is 2. The molecule has 6 heteroatoms. The summed E-state index contributed by atoms with van der Waals surface area (Å²) < 4.78 is 0. The monoisotopic (exact) mass is 380 g/mol. The van der Waals surface area contributed by atoms with E-state index in [0.29, 0.717) is 10.0 Å². The first-order valence-electron chi connectivity index (χ1n) is 8.23.